The Bertz CT molecular complexity index is 42.1. The minimum atomic E-state index is -1.83. The molecular weight excluding hydrogens is 148 g/mol. The molecule has 0 amide bonds. The van der Waals surface area contributed by atoms with E-state index in [0.29, 0.717) is 0 Å². The van der Waals surface area contributed by atoms with Gasteiger partial charge >= 0.3 is 31.1 Å². The Hall–Kier alpha value is 0.00948. The molecule has 3 nitrogen and oxygen atoms in total. The van der Waals surface area contributed by atoms with Gasteiger partial charge < -0.3 is 10.2 Å². The van der Waals surface area contributed by atoms with E-state index in [2.05, 4.69) is 24.9 Å². The number of rotatable bonds is 0. The monoisotopic (exact) mass is 150 g/mol. The van der Waals surface area contributed by atoms with Gasteiger partial charge in [-0.15, -0.1) is 0 Å². The van der Waals surface area contributed by atoms with Gasteiger partial charge in [-0.1, -0.05) is 0 Å². The summed E-state index contributed by atoms with van der Waals surface area (Å²) in [6.45, 7) is 0. The number of hydrogen-bond donors (Lipinski definition) is 2. The van der Waals surface area contributed by atoms with Crippen molar-refractivity contribution < 1.29 is 29.4 Å². The molecule has 2 N–H and O–H groups in total. The van der Waals surface area contributed by atoms with Gasteiger partial charge in [-0.2, -0.15) is 0 Å². The van der Waals surface area contributed by atoms with Crippen molar-refractivity contribution in [3.05, 3.63) is 0 Å². The molecule has 0 heterocycles. The van der Waals surface area contributed by atoms with E-state index >= 15 is 0 Å². The summed E-state index contributed by atoms with van der Waals surface area (Å²) in [6, 6.07) is 0. The summed E-state index contributed by atoms with van der Waals surface area (Å²) in [6.07, 6.45) is -1.83. The fraction of sp³-hybridized carbons (Fsp3) is 0. The van der Waals surface area contributed by atoms with Crippen LogP contribution in [0.2, 0.25) is 0 Å². The van der Waals surface area contributed by atoms with Crippen LogP contribution in [-0.2, 0) is 14.4 Å². The third-order valence-corrected chi connectivity index (χ3v) is 0. The van der Waals surface area contributed by atoms with E-state index in [4.69, 9.17) is 15.0 Å². The molecule has 0 aliphatic carbocycles. The molecule has 0 atom stereocenters. The SMILES string of the molecule is O=C(O)O.[S]=[Fe]. The first-order chi connectivity index (χ1) is 2.73. The molecule has 0 aliphatic rings. The maximum atomic E-state index is 8.56. The van der Waals surface area contributed by atoms with Gasteiger partial charge in [-0.25, -0.2) is 4.79 Å². The van der Waals surface area contributed by atoms with Crippen LogP contribution < -0.4 is 0 Å². The van der Waals surface area contributed by atoms with Crippen molar-refractivity contribution in [2.75, 3.05) is 0 Å². The summed E-state index contributed by atoms with van der Waals surface area (Å²) < 4.78 is 0. The second-order valence-electron chi connectivity index (χ2n) is 0.283. The number of carbonyl (C=O) groups is 1. The summed E-state index contributed by atoms with van der Waals surface area (Å²) >= 11 is 2.83. The van der Waals surface area contributed by atoms with E-state index < -0.39 is 6.16 Å². The quantitative estimate of drug-likeness (QED) is 0.503. The predicted molar refractivity (Wildman–Crippen MR) is 18.2 cm³/mol. The fourth-order valence-corrected chi connectivity index (χ4v) is 0. The summed E-state index contributed by atoms with van der Waals surface area (Å²) in [5, 5.41) is 13.9. The van der Waals surface area contributed by atoms with Crippen molar-refractivity contribution in [1.29, 1.82) is 0 Å². The number of carboxylic acid groups (broad SMARTS) is 2. The van der Waals surface area contributed by atoms with Gasteiger partial charge in [-0.05, 0) is 0 Å². The van der Waals surface area contributed by atoms with Gasteiger partial charge in [0.1, 0.15) is 0 Å². The summed E-state index contributed by atoms with van der Waals surface area (Å²) in [5.41, 5.74) is 0. The average Bonchev–Trinajstić information content (AvgIpc) is 1.41. The van der Waals surface area contributed by atoms with Gasteiger partial charge in [-0.3, -0.25) is 0 Å². The molecule has 0 saturated carbocycles. The van der Waals surface area contributed by atoms with Crippen LogP contribution >= 0.6 is 10.6 Å². The third-order valence-electron chi connectivity index (χ3n) is 0. The van der Waals surface area contributed by atoms with Crippen molar-refractivity contribution >= 4 is 16.7 Å². The zero-order valence-corrected chi connectivity index (χ0v) is 4.49. The van der Waals surface area contributed by atoms with Gasteiger partial charge in [0.25, 0.3) is 0 Å². The molecule has 0 fully saturated rings. The second kappa shape index (κ2) is 8.89. The Morgan fingerprint density at radius 1 is 1.50 bits per heavy atom. The van der Waals surface area contributed by atoms with Crippen LogP contribution in [0.25, 0.3) is 0 Å². The van der Waals surface area contributed by atoms with E-state index in [-0.39, 0.29) is 0 Å². The van der Waals surface area contributed by atoms with E-state index in [1.807, 2.05) is 0 Å². The topological polar surface area (TPSA) is 57.5 Å². The standard InChI is InChI=1S/CH2O3.Fe.S/c2-1(3)4;;/h(H2,2,3,4);;. The molecule has 0 aromatic carbocycles. The maximum absolute atomic E-state index is 8.56. The Morgan fingerprint density at radius 3 is 1.50 bits per heavy atom. The zero-order valence-electron chi connectivity index (χ0n) is 2.56. The minimum absolute atomic E-state index is 1.83. The van der Waals surface area contributed by atoms with Crippen LogP contribution in [0.5, 0.6) is 0 Å². The second-order valence-corrected chi connectivity index (χ2v) is 0.283. The van der Waals surface area contributed by atoms with E-state index in [1.165, 1.54) is 0 Å². The van der Waals surface area contributed by atoms with Crippen molar-refractivity contribution in [3.8, 4) is 0 Å². The third kappa shape index (κ3) is 404000. The Labute approximate surface area is 46.6 Å². The van der Waals surface area contributed by atoms with Gasteiger partial charge in [0.15, 0.2) is 0 Å². The van der Waals surface area contributed by atoms with Crippen molar-refractivity contribution in [3.63, 3.8) is 0 Å². The Kier molecular flexibility index (Phi) is 13.9. The Morgan fingerprint density at radius 2 is 1.50 bits per heavy atom. The molecule has 0 aromatic rings. The molecule has 0 rings (SSSR count). The molecule has 0 bridgehead atoms. The molecule has 6 heavy (non-hydrogen) atoms. The normalized spacial score (nSPS) is 4.83. The van der Waals surface area contributed by atoms with E-state index in [0.717, 1.165) is 0 Å². The molecular formula is CH2FeO3S. The van der Waals surface area contributed by atoms with Crippen molar-refractivity contribution in [2.45, 2.75) is 0 Å². The number of hydrogen-bond acceptors (Lipinski definition) is 2. The van der Waals surface area contributed by atoms with E-state index in [9.17, 15) is 0 Å². The van der Waals surface area contributed by atoms with Crippen LogP contribution in [0.15, 0.2) is 0 Å². The Balaban J connectivity index is 0. The zero-order chi connectivity index (χ0) is 5.58. The fourth-order valence-electron chi connectivity index (χ4n) is 0. The molecule has 0 radical (unpaired) electrons. The van der Waals surface area contributed by atoms with Crippen molar-refractivity contribution in [1.82, 2.24) is 0 Å². The van der Waals surface area contributed by atoms with Gasteiger partial charge in [0, 0.05) is 0 Å². The van der Waals surface area contributed by atoms with Crippen LogP contribution in [0, 0.1) is 0 Å². The molecule has 5 heteroatoms. The van der Waals surface area contributed by atoms with Gasteiger partial charge in [0.2, 0.25) is 0 Å². The van der Waals surface area contributed by atoms with E-state index in [1.54, 1.807) is 0 Å². The molecule has 0 unspecified atom stereocenters. The molecule has 0 saturated heterocycles. The molecule has 0 aromatic heterocycles. The molecule has 0 spiro atoms. The summed E-state index contributed by atoms with van der Waals surface area (Å²) in [5.74, 6) is 0. The summed E-state index contributed by atoms with van der Waals surface area (Å²) in [4.78, 5) is 8.56. The first kappa shape index (κ1) is 9.38. The van der Waals surface area contributed by atoms with Crippen LogP contribution in [0.1, 0.15) is 0 Å². The average molecular weight is 150 g/mol. The van der Waals surface area contributed by atoms with Crippen LogP contribution in [0.3, 0.4) is 0 Å². The molecule has 0 aliphatic heterocycles. The van der Waals surface area contributed by atoms with Crippen LogP contribution in [-0.4, -0.2) is 16.4 Å². The van der Waals surface area contributed by atoms with Gasteiger partial charge in [0.05, 0.1) is 0 Å². The van der Waals surface area contributed by atoms with Crippen LogP contribution in [0.4, 0.5) is 4.79 Å². The molecule has 38 valence electrons. The van der Waals surface area contributed by atoms with Crippen molar-refractivity contribution in [2.24, 2.45) is 0 Å². The predicted octanol–water partition coefficient (Wildman–Crippen LogP) is 0.868. The first-order valence-corrected chi connectivity index (χ1v) is 2.44. The first-order valence-electron chi connectivity index (χ1n) is 0.796. The summed E-state index contributed by atoms with van der Waals surface area (Å²) in [7, 11) is 3.83.